The Balaban J connectivity index is 1.81. The molecule has 78 valence electrons. The maximum absolute atomic E-state index is 5.56. The van der Waals surface area contributed by atoms with Gasteiger partial charge >= 0.3 is 0 Å². The number of halogens is 1. The van der Waals surface area contributed by atoms with Crippen molar-refractivity contribution in [1.29, 1.82) is 0 Å². The van der Waals surface area contributed by atoms with Crippen LogP contribution >= 0.6 is 27.3 Å². The van der Waals surface area contributed by atoms with Gasteiger partial charge in [0.2, 0.25) is 0 Å². The highest BCUT2D eigenvalue weighted by Gasteiger charge is 1.96. The minimum atomic E-state index is 0.698. The molecular formula is C11H10BrNOS. The lowest BCUT2D eigenvalue weighted by Gasteiger charge is -2.04. The predicted octanol–water partition coefficient (Wildman–Crippen LogP) is 3.53. The summed E-state index contributed by atoms with van der Waals surface area (Å²) in [6.07, 6.45) is 2.67. The van der Waals surface area contributed by atoms with E-state index in [-0.39, 0.29) is 0 Å². The van der Waals surface area contributed by atoms with Crippen LogP contribution in [-0.2, 0) is 6.42 Å². The summed E-state index contributed by atoms with van der Waals surface area (Å²) in [7, 11) is 0. The third-order valence-corrected chi connectivity index (χ3v) is 3.30. The molecule has 0 atom stereocenters. The van der Waals surface area contributed by atoms with Crippen LogP contribution in [0.1, 0.15) is 4.88 Å². The average Bonchev–Trinajstić information content (AvgIpc) is 2.74. The summed E-state index contributed by atoms with van der Waals surface area (Å²) in [5, 5.41) is 2.08. The van der Waals surface area contributed by atoms with E-state index in [9.17, 15) is 0 Å². The summed E-state index contributed by atoms with van der Waals surface area (Å²) in [4.78, 5) is 5.44. The van der Waals surface area contributed by atoms with Crippen molar-refractivity contribution in [2.75, 3.05) is 6.61 Å². The second-order valence-electron chi connectivity index (χ2n) is 2.99. The van der Waals surface area contributed by atoms with Crippen molar-refractivity contribution in [3.05, 3.63) is 45.3 Å². The largest absolute Gasteiger partial charge is 0.492 e. The van der Waals surface area contributed by atoms with Crippen LogP contribution in [0.25, 0.3) is 0 Å². The number of aromatic nitrogens is 1. The Morgan fingerprint density at radius 3 is 2.93 bits per heavy atom. The van der Waals surface area contributed by atoms with Crippen molar-refractivity contribution in [2.24, 2.45) is 0 Å². The van der Waals surface area contributed by atoms with Crippen molar-refractivity contribution in [3.8, 4) is 5.75 Å². The molecule has 0 bridgehead atoms. The van der Waals surface area contributed by atoms with Crippen LogP contribution in [0.5, 0.6) is 5.75 Å². The van der Waals surface area contributed by atoms with Crippen molar-refractivity contribution < 1.29 is 4.74 Å². The molecule has 0 aliphatic heterocycles. The fourth-order valence-corrected chi connectivity index (χ4v) is 2.10. The van der Waals surface area contributed by atoms with E-state index >= 15 is 0 Å². The number of pyridine rings is 1. The van der Waals surface area contributed by atoms with Gasteiger partial charge in [0, 0.05) is 11.3 Å². The molecule has 2 heterocycles. The summed E-state index contributed by atoms with van der Waals surface area (Å²) in [5.41, 5.74) is 0. The van der Waals surface area contributed by atoms with Gasteiger partial charge in [0.25, 0.3) is 0 Å². The van der Waals surface area contributed by atoms with E-state index in [1.807, 2.05) is 12.1 Å². The normalized spacial score (nSPS) is 10.2. The van der Waals surface area contributed by atoms with Gasteiger partial charge < -0.3 is 4.74 Å². The van der Waals surface area contributed by atoms with Crippen molar-refractivity contribution in [3.63, 3.8) is 0 Å². The summed E-state index contributed by atoms with van der Waals surface area (Å²) in [6, 6.07) is 7.96. The molecule has 2 rings (SSSR count). The van der Waals surface area contributed by atoms with Crippen LogP contribution < -0.4 is 4.74 Å². The quantitative estimate of drug-likeness (QED) is 0.801. The van der Waals surface area contributed by atoms with Gasteiger partial charge in [0.05, 0.1) is 12.8 Å². The number of ether oxygens (including phenoxy) is 1. The van der Waals surface area contributed by atoms with Crippen LogP contribution in [0.15, 0.2) is 40.4 Å². The molecule has 0 fully saturated rings. The molecule has 0 N–H and O–H groups in total. The van der Waals surface area contributed by atoms with E-state index in [4.69, 9.17) is 4.74 Å². The van der Waals surface area contributed by atoms with Gasteiger partial charge in [-0.2, -0.15) is 0 Å². The highest BCUT2D eigenvalue weighted by Crippen LogP contribution is 2.14. The molecule has 0 aliphatic rings. The molecule has 0 radical (unpaired) electrons. The Morgan fingerprint density at radius 1 is 1.33 bits per heavy atom. The minimum absolute atomic E-state index is 0.698. The summed E-state index contributed by atoms with van der Waals surface area (Å²) >= 11 is 5.04. The van der Waals surface area contributed by atoms with Gasteiger partial charge in [-0.15, -0.1) is 11.3 Å². The lowest BCUT2D eigenvalue weighted by molar-refractivity contribution is 0.321. The molecule has 2 aromatic rings. The second-order valence-corrected chi connectivity index (χ2v) is 4.84. The molecule has 0 aromatic carbocycles. The molecule has 15 heavy (non-hydrogen) atoms. The Kier molecular flexibility index (Phi) is 3.75. The minimum Gasteiger partial charge on any atom is -0.492 e. The summed E-state index contributed by atoms with van der Waals surface area (Å²) in [5.74, 6) is 0.815. The van der Waals surface area contributed by atoms with Crippen molar-refractivity contribution in [1.82, 2.24) is 4.98 Å². The molecule has 0 spiro atoms. The molecule has 0 unspecified atom stereocenters. The number of hydrogen-bond acceptors (Lipinski definition) is 3. The average molecular weight is 284 g/mol. The fourth-order valence-electron chi connectivity index (χ4n) is 1.17. The summed E-state index contributed by atoms with van der Waals surface area (Å²) < 4.78 is 6.38. The zero-order valence-corrected chi connectivity index (χ0v) is 10.4. The molecule has 4 heteroatoms. The molecule has 0 saturated heterocycles. The smallest absolute Gasteiger partial charge is 0.137 e. The first-order valence-corrected chi connectivity index (χ1v) is 6.28. The molecule has 0 amide bonds. The van der Waals surface area contributed by atoms with E-state index in [1.165, 1.54) is 4.88 Å². The number of thiophene rings is 1. The van der Waals surface area contributed by atoms with E-state index < -0.39 is 0 Å². The first-order valence-electron chi connectivity index (χ1n) is 4.61. The molecular weight excluding hydrogens is 274 g/mol. The van der Waals surface area contributed by atoms with Gasteiger partial charge in [-0.25, -0.2) is 4.98 Å². The van der Waals surface area contributed by atoms with Crippen LogP contribution in [0.4, 0.5) is 0 Å². The number of rotatable bonds is 4. The van der Waals surface area contributed by atoms with Gasteiger partial charge in [0.15, 0.2) is 0 Å². The maximum atomic E-state index is 5.56. The highest BCUT2D eigenvalue weighted by molar-refractivity contribution is 9.10. The first kappa shape index (κ1) is 10.6. The van der Waals surface area contributed by atoms with Gasteiger partial charge in [-0.3, -0.25) is 0 Å². The lowest BCUT2D eigenvalue weighted by atomic mass is 10.3. The van der Waals surface area contributed by atoms with E-state index in [1.54, 1.807) is 17.5 Å². The van der Waals surface area contributed by atoms with Crippen LogP contribution in [-0.4, -0.2) is 11.6 Å². The Labute approximate surface area is 101 Å². The standard InChI is InChI=1S/C11H10BrNOS/c12-11-4-3-9(8-13-11)14-6-5-10-2-1-7-15-10/h1-4,7-8H,5-6H2. The first-order chi connectivity index (χ1) is 7.34. The topological polar surface area (TPSA) is 22.1 Å². The zero-order valence-electron chi connectivity index (χ0n) is 8.02. The summed E-state index contributed by atoms with van der Waals surface area (Å²) in [6.45, 7) is 0.698. The van der Waals surface area contributed by atoms with E-state index in [0.717, 1.165) is 16.8 Å². The van der Waals surface area contributed by atoms with Gasteiger partial charge in [0.1, 0.15) is 10.4 Å². The predicted molar refractivity (Wildman–Crippen MR) is 65.5 cm³/mol. The third-order valence-electron chi connectivity index (χ3n) is 1.90. The van der Waals surface area contributed by atoms with Crippen LogP contribution in [0, 0.1) is 0 Å². The SMILES string of the molecule is Brc1ccc(OCCc2cccs2)cn1. The highest BCUT2D eigenvalue weighted by atomic mass is 79.9. The second kappa shape index (κ2) is 5.28. The molecule has 0 aliphatic carbocycles. The number of hydrogen-bond donors (Lipinski definition) is 0. The molecule has 0 saturated carbocycles. The fraction of sp³-hybridized carbons (Fsp3) is 0.182. The van der Waals surface area contributed by atoms with Gasteiger partial charge in [-0.05, 0) is 39.5 Å². The Hall–Kier alpha value is -0.870. The monoisotopic (exact) mass is 283 g/mol. The van der Waals surface area contributed by atoms with Crippen molar-refractivity contribution in [2.45, 2.75) is 6.42 Å². The zero-order chi connectivity index (χ0) is 10.5. The van der Waals surface area contributed by atoms with E-state index in [2.05, 4.69) is 38.4 Å². The van der Waals surface area contributed by atoms with Crippen LogP contribution in [0.3, 0.4) is 0 Å². The van der Waals surface area contributed by atoms with Gasteiger partial charge in [-0.1, -0.05) is 6.07 Å². The Morgan fingerprint density at radius 2 is 2.27 bits per heavy atom. The molecule has 2 nitrogen and oxygen atoms in total. The third kappa shape index (κ3) is 3.32. The lowest BCUT2D eigenvalue weighted by Crippen LogP contribution is -2.00. The maximum Gasteiger partial charge on any atom is 0.137 e. The number of nitrogens with zero attached hydrogens (tertiary/aromatic N) is 1. The van der Waals surface area contributed by atoms with Crippen LogP contribution in [0.2, 0.25) is 0 Å². The molecule has 2 aromatic heterocycles. The Bertz CT molecular complexity index is 399. The van der Waals surface area contributed by atoms with E-state index in [0.29, 0.717) is 6.61 Å². The van der Waals surface area contributed by atoms with Crippen molar-refractivity contribution >= 4 is 27.3 Å².